The largest absolute Gasteiger partial charge is 0.480 e. The predicted octanol–water partition coefficient (Wildman–Crippen LogP) is 5.37. The minimum absolute atomic E-state index is 0.0634. The Labute approximate surface area is 243 Å². The highest BCUT2D eigenvalue weighted by Gasteiger charge is 2.44. The first-order valence-corrected chi connectivity index (χ1v) is 16.7. The van der Waals surface area contributed by atoms with Crippen molar-refractivity contribution in [3.05, 3.63) is 35.9 Å². The summed E-state index contributed by atoms with van der Waals surface area (Å²) in [4.78, 5) is 49.2. The molecule has 1 amide bonds. The zero-order valence-corrected chi connectivity index (χ0v) is 25.4. The molecule has 230 valence electrons. The van der Waals surface area contributed by atoms with Gasteiger partial charge in [-0.3, -0.25) is 18.7 Å². The summed E-state index contributed by atoms with van der Waals surface area (Å²) >= 11 is 0. The molecule has 0 radical (unpaired) electrons. The Morgan fingerprint density at radius 3 is 2.37 bits per heavy atom. The van der Waals surface area contributed by atoms with Gasteiger partial charge in [0.25, 0.3) is 0 Å². The highest BCUT2D eigenvalue weighted by atomic mass is 31.2. The second-order valence-electron chi connectivity index (χ2n) is 11.6. The molecule has 2 aliphatic rings. The monoisotopic (exact) mass is 595 g/mol. The maximum Gasteiger partial charge on any atom is 0.339 e. The van der Waals surface area contributed by atoms with Crippen LogP contribution < -0.4 is 0 Å². The lowest BCUT2D eigenvalue weighted by atomic mass is 9.79. The molecule has 1 heterocycles. The Morgan fingerprint density at radius 1 is 1.07 bits per heavy atom. The van der Waals surface area contributed by atoms with Crippen LogP contribution in [0.4, 0.5) is 0 Å². The molecule has 1 saturated heterocycles. The molecule has 0 aromatic heterocycles. The number of likely N-dealkylation sites (tertiary alicyclic amines) is 1. The minimum Gasteiger partial charge on any atom is -0.480 e. The maximum absolute atomic E-state index is 13.3. The molecule has 2 N–H and O–H groups in total. The van der Waals surface area contributed by atoms with Crippen LogP contribution in [0.2, 0.25) is 0 Å². The summed E-state index contributed by atoms with van der Waals surface area (Å²) in [6, 6.07) is 8.69. The number of aryl methyl sites for hydroxylation is 1. The molecule has 0 spiro atoms. The first-order valence-electron chi connectivity index (χ1n) is 14.9. The molecular weight excluding hydrogens is 549 g/mol. The summed E-state index contributed by atoms with van der Waals surface area (Å²) in [5, 5.41) is 9.81. The second-order valence-corrected chi connectivity index (χ2v) is 13.4. The maximum atomic E-state index is 13.3. The molecule has 1 aromatic carbocycles. The zero-order valence-electron chi connectivity index (χ0n) is 24.5. The van der Waals surface area contributed by atoms with Gasteiger partial charge < -0.3 is 24.4 Å². The number of rotatable bonds is 15. The molecule has 11 heteroatoms. The van der Waals surface area contributed by atoms with E-state index in [0.717, 1.165) is 31.2 Å². The Kier molecular flexibility index (Phi) is 12.8. The van der Waals surface area contributed by atoms with Crippen LogP contribution in [0.25, 0.3) is 0 Å². The first kappa shape index (κ1) is 33.2. The van der Waals surface area contributed by atoms with Crippen molar-refractivity contribution in [1.82, 2.24) is 4.90 Å². The number of amides is 1. The summed E-state index contributed by atoms with van der Waals surface area (Å²) in [5.41, 5.74) is 1.08. The Morgan fingerprint density at radius 2 is 1.76 bits per heavy atom. The average Bonchev–Trinajstić information content (AvgIpc) is 3.39. The standard InChI is InChI=1S/C30H46NO9P/c1-4-27(33)38-30(21(2)3)39-28(17-11-14-22-12-7-5-8-13-22)40-41(36,37)20-26(32)31-19-24(18-25(31)29(34)35)23-15-9-6-10-16-23/h5,7-8,12-13,21,23-25,28,30H,4,6,9-11,14-20H2,1-3H3,(H,34,35)(H,36,37). The van der Waals surface area contributed by atoms with Gasteiger partial charge in [0.2, 0.25) is 12.2 Å². The lowest BCUT2D eigenvalue weighted by Gasteiger charge is -2.29. The fraction of sp³-hybridized carbons (Fsp3) is 0.700. The fourth-order valence-electron chi connectivity index (χ4n) is 5.75. The van der Waals surface area contributed by atoms with Gasteiger partial charge in [-0.15, -0.1) is 0 Å². The Hall–Kier alpha value is -2.26. The summed E-state index contributed by atoms with van der Waals surface area (Å²) < 4.78 is 30.1. The third-order valence-electron chi connectivity index (χ3n) is 7.99. The van der Waals surface area contributed by atoms with Crippen LogP contribution in [0.1, 0.15) is 84.1 Å². The number of aliphatic carboxylic acids is 1. The normalized spacial score (nSPS) is 22.7. The van der Waals surface area contributed by atoms with Crippen molar-refractivity contribution in [3.63, 3.8) is 0 Å². The van der Waals surface area contributed by atoms with Crippen LogP contribution in [0.15, 0.2) is 30.3 Å². The molecule has 5 unspecified atom stereocenters. The van der Waals surface area contributed by atoms with Crippen LogP contribution in [0.5, 0.6) is 0 Å². The number of carboxylic acids is 1. The molecule has 1 aliphatic heterocycles. The van der Waals surface area contributed by atoms with Gasteiger partial charge >= 0.3 is 19.5 Å². The van der Waals surface area contributed by atoms with Crippen molar-refractivity contribution in [1.29, 1.82) is 0 Å². The third-order valence-corrected chi connectivity index (χ3v) is 9.22. The number of hydrogen-bond acceptors (Lipinski definition) is 7. The van der Waals surface area contributed by atoms with Gasteiger partial charge in [-0.25, -0.2) is 4.79 Å². The number of carboxylic acid groups (broad SMARTS) is 1. The first-order chi connectivity index (χ1) is 19.5. The Balaban J connectivity index is 1.68. The smallest absolute Gasteiger partial charge is 0.339 e. The summed E-state index contributed by atoms with van der Waals surface area (Å²) in [6.07, 6.45) is 4.24. The molecular formula is C30H46NO9P. The van der Waals surface area contributed by atoms with Gasteiger partial charge in [0.05, 0.1) is 0 Å². The van der Waals surface area contributed by atoms with Crippen molar-refractivity contribution in [3.8, 4) is 0 Å². The van der Waals surface area contributed by atoms with Gasteiger partial charge in [-0.05, 0) is 43.1 Å². The van der Waals surface area contributed by atoms with E-state index in [0.29, 0.717) is 25.2 Å². The lowest BCUT2D eigenvalue weighted by molar-refractivity contribution is -0.234. The average molecular weight is 596 g/mol. The highest BCUT2D eigenvalue weighted by molar-refractivity contribution is 7.53. The molecule has 1 saturated carbocycles. The molecule has 0 bridgehead atoms. The van der Waals surface area contributed by atoms with Crippen molar-refractivity contribution in [2.45, 2.75) is 104 Å². The van der Waals surface area contributed by atoms with Gasteiger partial charge in [-0.2, -0.15) is 0 Å². The quantitative estimate of drug-likeness (QED) is 0.156. The number of hydrogen-bond donors (Lipinski definition) is 2. The van der Waals surface area contributed by atoms with Crippen LogP contribution in [0, 0.1) is 17.8 Å². The molecule has 41 heavy (non-hydrogen) atoms. The molecule has 10 nitrogen and oxygen atoms in total. The summed E-state index contributed by atoms with van der Waals surface area (Å²) in [5.74, 6) is -2.14. The second kappa shape index (κ2) is 15.8. The Bertz CT molecular complexity index is 1040. The van der Waals surface area contributed by atoms with E-state index in [2.05, 4.69) is 0 Å². The zero-order chi connectivity index (χ0) is 30.0. The SMILES string of the molecule is CCC(=O)OC(OC(CCCc1ccccc1)OP(=O)(O)CC(=O)N1CC(C2CCCCC2)CC1C(=O)O)C(C)C. The number of carbonyl (C=O) groups is 3. The minimum atomic E-state index is -4.56. The predicted molar refractivity (Wildman–Crippen MR) is 153 cm³/mol. The van der Waals surface area contributed by atoms with E-state index < -0.39 is 50.2 Å². The van der Waals surface area contributed by atoms with Gasteiger partial charge in [0, 0.05) is 18.9 Å². The van der Waals surface area contributed by atoms with Crippen molar-refractivity contribution < 1.29 is 42.9 Å². The van der Waals surface area contributed by atoms with Crippen LogP contribution in [0.3, 0.4) is 0 Å². The topological polar surface area (TPSA) is 140 Å². The van der Waals surface area contributed by atoms with E-state index in [9.17, 15) is 28.9 Å². The van der Waals surface area contributed by atoms with Crippen LogP contribution in [-0.4, -0.2) is 64.1 Å². The van der Waals surface area contributed by atoms with E-state index in [1.54, 1.807) is 20.8 Å². The number of ether oxygens (including phenoxy) is 2. The fourth-order valence-corrected chi connectivity index (χ4v) is 6.88. The molecule has 1 aliphatic carbocycles. The van der Waals surface area contributed by atoms with Gasteiger partial charge in [0.15, 0.2) is 6.29 Å². The number of esters is 1. The van der Waals surface area contributed by atoms with E-state index >= 15 is 0 Å². The van der Waals surface area contributed by atoms with E-state index in [-0.39, 0.29) is 31.2 Å². The van der Waals surface area contributed by atoms with Gasteiger partial charge in [-0.1, -0.05) is 83.2 Å². The highest BCUT2D eigenvalue weighted by Crippen LogP contribution is 2.46. The molecule has 2 fully saturated rings. The van der Waals surface area contributed by atoms with Crippen molar-refractivity contribution in [2.24, 2.45) is 17.8 Å². The number of nitrogens with zero attached hydrogens (tertiary/aromatic N) is 1. The molecule has 5 atom stereocenters. The van der Waals surface area contributed by atoms with Crippen molar-refractivity contribution >= 4 is 25.4 Å². The van der Waals surface area contributed by atoms with E-state index in [1.807, 2.05) is 30.3 Å². The summed E-state index contributed by atoms with van der Waals surface area (Å²) in [6.45, 7) is 5.50. The van der Waals surface area contributed by atoms with E-state index in [1.165, 1.54) is 11.3 Å². The molecule has 1 aromatic rings. The van der Waals surface area contributed by atoms with Crippen LogP contribution in [-0.2, 0) is 39.4 Å². The number of benzene rings is 1. The summed E-state index contributed by atoms with van der Waals surface area (Å²) in [7, 11) is -4.56. The number of carbonyl (C=O) groups excluding carboxylic acids is 2. The van der Waals surface area contributed by atoms with Crippen LogP contribution >= 0.6 is 7.60 Å². The van der Waals surface area contributed by atoms with Crippen molar-refractivity contribution in [2.75, 3.05) is 12.7 Å². The third kappa shape index (κ3) is 10.5. The van der Waals surface area contributed by atoms with Gasteiger partial charge in [0.1, 0.15) is 12.2 Å². The molecule has 3 rings (SSSR count). The lowest BCUT2D eigenvalue weighted by Crippen LogP contribution is -2.42. The van der Waals surface area contributed by atoms with E-state index in [4.69, 9.17) is 14.0 Å².